The normalized spacial score (nSPS) is 12.9. The maximum Gasteiger partial charge on any atom is 0.125 e. The predicted molar refractivity (Wildman–Crippen MR) is 62.3 cm³/mol. The molecular weight excluding hydrogens is 202 g/mol. The summed E-state index contributed by atoms with van der Waals surface area (Å²) in [5.41, 5.74) is 1.17. The molecule has 86 valence electrons. The van der Waals surface area contributed by atoms with Crippen LogP contribution in [0.5, 0.6) is 0 Å². The fourth-order valence-electron chi connectivity index (χ4n) is 1.92. The lowest BCUT2D eigenvalue weighted by molar-refractivity contribution is 0.441. The largest absolute Gasteiger partial charge is 0.469 e. The van der Waals surface area contributed by atoms with E-state index in [1.54, 1.807) is 12.5 Å². The monoisotopic (exact) mass is 219 g/mol. The first-order valence-corrected chi connectivity index (χ1v) is 5.69. The molecule has 2 aromatic heterocycles. The minimum Gasteiger partial charge on any atom is -0.469 e. The zero-order valence-electron chi connectivity index (χ0n) is 9.69. The molecule has 16 heavy (non-hydrogen) atoms. The molecule has 2 aromatic rings. The molecule has 0 amide bonds. The van der Waals surface area contributed by atoms with Crippen molar-refractivity contribution >= 4 is 0 Å². The van der Waals surface area contributed by atoms with Gasteiger partial charge in [0.15, 0.2) is 0 Å². The summed E-state index contributed by atoms with van der Waals surface area (Å²) < 4.78 is 10.9. The Balaban J connectivity index is 2.33. The second kappa shape index (κ2) is 5.03. The van der Waals surface area contributed by atoms with Crippen molar-refractivity contribution in [3.05, 3.63) is 47.8 Å². The third kappa shape index (κ3) is 2.04. The molecule has 0 aliphatic heterocycles. The molecule has 3 heteroatoms. The van der Waals surface area contributed by atoms with E-state index in [1.165, 1.54) is 5.56 Å². The van der Waals surface area contributed by atoms with E-state index in [1.807, 2.05) is 18.2 Å². The van der Waals surface area contributed by atoms with Gasteiger partial charge in [-0.3, -0.25) is 0 Å². The Labute approximate surface area is 95.5 Å². The van der Waals surface area contributed by atoms with Crippen LogP contribution in [-0.4, -0.2) is 6.54 Å². The van der Waals surface area contributed by atoms with Crippen molar-refractivity contribution in [3.8, 4) is 0 Å². The van der Waals surface area contributed by atoms with Crippen LogP contribution in [0.3, 0.4) is 0 Å². The van der Waals surface area contributed by atoms with Gasteiger partial charge in [0, 0.05) is 12.0 Å². The van der Waals surface area contributed by atoms with Crippen LogP contribution in [0, 0.1) is 0 Å². The van der Waals surface area contributed by atoms with Crippen LogP contribution < -0.4 is 5.32 Å². The molecule has 0 radical (unpaired) electrons. The molecule has 3 nitrogen and oxygen atoms in total. The minimum absolute atomic E-state index is 0.0914. The van der Waals surface area contributed by atoms with Crippen molar-refractivity contribution < 1.29 is 8.83 Å². The smallest absolute Gasteiger partial charge is 0.125 e. The number of hydrogen-bond acceptors (Lipinski definition) is 3. The van der Waals surface area contributed by atoms with E-state index in [0.29, 0.717) is 0 Å². The molecular formula is C13H17NO2. The van der Waals surface area contributed by atoms with Crippen LogP contribution in [0.15, 0.2) is 39.6 Å². The van der Waals surface area contributed by atoms with Gasteiger partial charge in [-0.2, -0.15) is 0 Å². The molecule has 0 aliphatic rings. The van der Waals surface area contributed by atoms with E-state index in [9.17, 15) is 0 Å². The number of aryl methyl sites for hydroxylation is 1. The second-order valence-corrected chi connectivity index (χ2v) is 3.66. The van der Waals surface area contributed by atoms with Crippen LogP contribution in [0.1, 0.15) is 37.0 Å². The molecule has 1 unspecified atom stereocenters. The molecule has 0 saturated carbocycles. The molecule has 2 heterocycles. The Hall–Kier alpha value is -1.48. The van der Waals surface area contributed by atoms with E-state index in [0.717, 1.165) is 24.5 Å². The van der Waals surface area contributed by atoms with Crippen LogP contribution >= 0.6 is 0 Å². The first kappa shape index (κ1) is 11.0. The highest BCUT2D eigenvalue weighted by molar-refractivity contribution is 5.28. The van der Waals surface area contributed by atoms with Gasteiger partial charge in [-0.05, 0) is 24.7 Å². The third-order valence-electron chi connectivity index (χ3n) is 2.65. The maximum atomic E-state index is 5.47. The van der Waals surface area contributed by atoms with Gasteiger partial charge < -0.3 is 14.2 Å². The number of furan rings is 2. The Morgan fingerprint density at radius 2 is 2.06 bits per heavy atom. The Bertz CT molecular complexity index is 417. The SMILES string of the molecule is CCNC(c1ccco1)c1ccoc1CC. The molecule has 0 bridgehead atoms. The van der Waals surface area contributed by atoms with Crippen molar-refractivity contribution in [2.75, 3.05) is 6.54 Å². The van der Waals surface area contributed by atoms with E-state index >= 15 is 0 Å². The van der Waals surface area contributed by atoms with Crippen molar-refractivity contribution in [3.63, 3.8) is 0 Å². The van der Waals surface area contributed by atoms with Gasteiger partial charge in [-0.15, -0.1) is 0 Å². The van der Waals surface area contributed by atoms with Crippen molar-refractivity contribution in [2.45, 2.75) is 26.3 Å². The van der Waals surface area contributed by atoms with Gasteiger partial charge in [0.05, 0.1) is 18.6 Å². The van der Waals surface area contributed by atoms with Gasteiger partial charge >= 0.3 is 0 Å². The Morgan fingerprint density at radius 1 is 1.19 bits per heavy atom. The second-order valence-electron chi connectivity index (χ2n) is 3.66. The van der Waals surface area contributed by atoms with E-state index in [4.69, 9.17) is 8.83 Å². The summed E-state index contributed by atoms with van der Waals surface area (Å²) in [6, 6.07) is 5.99. The van der Waals surface area contributed by atoms with Gasteiger partial charge in [0.2, 0.25) is 0 Å². The fourth-order valence-corrected chi connectivity index (χ4v) is 1.92. The first-order valence-electron chi connectivity index (χ1n) is 5.69. The van der Waals surface area contributed by atoms with Gasteiger partial charge in [-0.25, -0.2) is 0 Å². The summed E-state index contributed by atoms with van der Waals surface area (Å²) in [4.78, 5) is 0. The number of rotatable bonds is 5. The Morgan fingerprint density at radius 3 is 2.69 bits per heavy atom. The highest BCUT2D eigenvalue weighted by Gasteiger charge is 2.20. The van der Waals surface area contributed by atoms with Crippen molar-refractivity contribution in [2.24, 2.45) is 0 Å². The van der Waals surface area contributed by atoms with Crippen LogP contribution in [0.2, 0.25) is 0 Å². The summed E-state index contributed by atoms with van der Waals surface area (Å²) in [6.07, 6.45) is 4.33. The summed E-state index contributed by atoms with van der Waals surface area (Å²) in [5.74, 6) is 1.94. The van der Waals surface area contributed by atoms with Crippen molar-refractivity contribution in [1.29, 1.82) is 0 Å². The first-order chi connectivity index (χ1) is 7.86. The quantitative estimate of drug-likeness (QED) is 0.839. The fraction of sp³-hybridized carbons (Fsp3) is 0.385. The van der Waals surface area contributed by atoms with Gasteiger partial charge in [0.1, 0.15) is 11.5 Å². The number of hydrogen-bond donors (Lipinski definition) is 1. The van der Waals surface area contributed by atoms with Gasteiger partial charge in [-0.1, -0.05) is 13.8 Å². The van der Waals surface area contributed by atoms with Crippen LogP contribution in [-0.2, 0) is 6.42 Å². The molecule has 1 N–H and O–H groups in total. The third-order valence-corrected chi connectivity index (χ3v) is 2.65. The maximum absolute atomic E-state index is 5.47. The molecule has 1 atom stereocenters. The lowest BCUT2D eigenvalue weighted by Gasteiger charge is -2.15. The molecule has 0 aliphatic carbocycles. The molecule has 2 rings (SSSR count). The van der Waals surface area contributed by atoms with Crippen LogP contribution in [0.25, 0.3) is 0 Å². The minimum atomic E-state index is 0.0914. The Kier molecular flexibility index (Phi) is 3.47. The standard InChI is InChI=1S/C13H17NO2/c1-3-11-10(7-9-16-11)13(14-4-2)12-6-5-8-15-12/h5-9,13-14H,3-4H2,1-2H3. The molecule has 0 spiro atoms. The summed E-state index contributed by atoms with van der Waals surface area (Å²) in [7, 11) is 0. The lowest BCUT2D eigenvalue weighted by atomic mass is 10.0. The zero-order valence-corrected chi connectivity index (χ0v) is 9.69. The summed E-state index contributed by atoms with van der Waals surface area (Å²) in [6.45, 7) is 5.06. The predicted octanol–water partition coefficient (Wildman–Crippen LogP) is 3.13. The van der Waals surface area contributed by atoms with E-state index in [-0.39, 0.29) is 6.04 Å². The van der Waals surface area contributed by atoms with Crippen molar-refractivity contribution in [1.82, 2.24) is 5.32 Å². The number of nitrogens with one attached hydrogen (secondary N) is 1. The summed E-state index contributed by atoms with van der Waals surface area (Å²) in [5, 5.41) is 3.41. The van der Waals surface area contributed by atoms with Crippen LogP contribution in [0.4, 0.5) is 0 Å². The highest BCUT2D eigenvalue weighted by Crippen LogP contribution is 2.26. The zero-order chi connectivity index (χ0) is 11.4. The van der Waals surface area contributed by atoms with E-state index < -0.39 is 0 Å². The topological polar surface area (TPSA) is 38.3 Å². The molecule has 0 aromatic carbocycles. The molecule has 0 saturated heterocycles. The highest BCUT2D eigenvalue weighted by atomic mass is 16.3. The van der Waals surface area contributed by atoms with E-state index in [2.05, 4.69) is 19.2 Å². The van der Waals surface area contributed by atoms with Gasteiger partial charge in [0.25, 0.3) is 0 Å². The average Bonchev–Trinajstić information content (AvgIpc) is 2.96. The lowest BCUT2D eigenvalue weighted by Crippen LogP contribution is -2.21. The average molecular weight is 219 g/mol. The molecule has 0 fully saturated rings. The summed E-state index contributed by atoms with van der Waals surface area (Å²) >= 11 is 0.